The van der Waals surface area contributed by atoms with Crippen LogP contribution in [0.5, 0.6) is 0 Å². The lowest BCUT2D eigenvalue weighted by Crippen LogP contribution is -2.01. The van der Waals surface area contributed by atoms with Gasteiger partial charge in [-0.25, -0.2) is 4.79 Å². The van der Waals surface area contributed by atoms with Gasteiger partial charge in [-0.3, -0.25) is 0 Å². The van der Waals surface area contributed by atoms with Crippen LogP contribution in [0.3, 0.4) is 0 Å². The lowest BCUT2D eigenvalue weighted by Gasteiger charge is -2.11. The van der Waals surface area contributed by atoms with E-state index in [1.54, 1.807) is 18.2 Å². The number of rotatable bonds is 1. The van der Waals surface area contributed by atoms with Gasteiger partial charge in [0, 0.05) is 0 Å². The Hall–Kier alpha value is -0.410. The molecule has 0 fully saturated rings. The Morgan fingerprint density at radius 1 is 1.06 bits per heavy atom. The summed E-state index contributed by atoms with van der Waals surface area (Å²) in [6.07, 6.45) is -0.698. The Bertz CT molecular complexity index is 496. The Balaban J connectivity index is 2.40. The highest BCUT2D eigenvalue weighted by Gasteiger charge is 2.33. The van der Waals surface area contributed by atoms with E-state index in [0.29, 0.717) is 15.6 Å². The van der Waals surface area contributed by atoms with Crippen LogP contribution in [0.2, 0.25) is 10.0 Å². The van der Waals surface area contributed by atoms with Crippen molar-refractivity contribution >= 4 is 52.4 Å². The van der Waals surface area contributed by atoms with Crippen LogP contribution in [0.4, 0.5) is 0 Å². The van der Waals surface area contributed by atoms with Crippen molar-refractivity contribution in [1.29, 1.82) is 0 Å². The van der Waals surface area contributed by atoms with Crippen LogP contribution in [0.15, 0.2) is 28.3 Å². The second-order valence-electron chi connectivity index (χ2n) is 3.12. The minimum atomic E-state index is -0.698. The third-order valence-electron chi connectivity index (χ3n) is 2.09. The maximum Gasteiger partial charge on any atom is 0.352 e. The average Bonchev–Trinajstić information content (AvgIpc) is 2.50. The van der Waals surface area contributed by atoms with E-state index in [4.69, 9.17) is 51.1 Å². The molecule has 2 rings (SSSR count). The van der Waals surface area contributed by atoms with E-state index in [9.17, 15) is 4.79 Å². The van der Waals surface area contributed by atoms with E-state index < -0.39 is 12.1 Å². The fourth-order valence-electron chi connectivity index (χ4n) is 1.31. The maximum absolute atomic E-state index is 11.2. The number of cyclic esters (lactones) is 1. The van der Waals surface area contributed by atoms with Crippen LogP contribution >= 0.6 is 46.4 Å². The van der Waals surface area contributed by atoms with Crippen molar-refractivity contribution in [2.75, 3.05) is 0 Å². The van der Waals surface area contributed by atoms with Gasteiger partial charge in [-0.15, -0.1) is 0 Å². The van der Waals surface area contributed by atoms with E-state index in [2.05, 4.69) is 0 Å². The van der Waals surface area contributed by atoms with Gasteiger partial charge in [-0.1, -0.05) is 52.5 Å². The zero-order valence-corrected chi connectivity index (χ0v) is 10.7. The molecule has 1 aliphatic heterocycles. The molecule has 1 unspecified atom stereocenters. The minimum absolute atomic E-state index is 0.0993. The van der Waals surface area contributed by atoms with Crippen molar-refractivity contribution in [2.45, 2.75) is 6.10 Å². The number of esters is 1. The number of halogens is 4. The van der Waals surface area contributed by atoms with E-state index in [0.717, 1.165) is 0 Å². The lowest BCUT2D eigenvalue weighted by molar-refractivity contribution is -0.139. The van der Waals surface area contributed by atoms with Crippen molar-refractivity contribution in [3.63, 3.8) is 0 Å². The number of carbonyl (C=O) groups excluding carboxylic acids is 1. The topological polar surface area (TPSA) is 26.3 Å². The number of carbonyl (C=O) groups is 1. The Morgan fingerprint density at radius 3 is 2.25 bits per heavy atom. The highest BCUT2D eigenvalue weighted by Crippen LogP contribution is 2.40. The van der Waals surface area contributed by atoms with Crippen molar-refractivity contribution in [1.82, 2.24) is 0 Å². The molecular formula is C10H4Cl4O2. The van der Waals surface area contributed by atoms with Gasteiger partial charge in [0.15, 0.2) is 6.10 Å². The van der Waals surface area contributed by atoms with Gasteiger partial charge in [0.1, 0.15) is 5.03 Å². The molecule has 1 aromatic rings. The van der Waals surface area contributed by atoms with Crippen molar-refractivity contribution < 1.29 is 9.53 Å². The molecule has 1 heterocycles. The SMILES string of the molecule is O=C1OC(c2ccc(Cl)c(Cl)c2)C(Cl)=C1Cl. The number of ether oxygens (including phenoxy) is 1. The molecule has 0 radical (unpaired) electrons. The second-order valence-corrected chi connectivity index (χ2v) is 4.72. The fraction of sp³-hybridized carbons (Fsp3) is 0.100. The van der Waals surface area contributed by atoms with Crippen LogP contribution in [0, 0.1) is 0 Å². The van der Waals surface area contributed by atoms with E-state index >= 15 is 0 Å². The van der Waals surface area contributed by atoms with Crippen LogP contribution < -0.4 is 0 Å². The molecule has 0 N–H and O–H groups in total. The molecule has 0 spiro atoms. The Morgan fingerprint density at radius 2 is 1.75 bits per heavy atom. The summed E-state index contributed by atoms with van der Waals surface area (Å²) < 4.78 is 4.99. The molecule has 0 aliphatic carbocycles. The quantitative estimate of drug-likeness (QED) is 0.723. The predicted molar refractivity (Wildman–Crippen MR) is 64.0 cm³/mol. The Labute approximate surface area is 112 Å². The molecule has 0 saturated carbocycles. The molecule has 0 bridgehead atoms. The van der Waals surface area contributed by atoms with Crippen LogP contribution in [0.1, 0.15) is 11.7 Å². The summed E-state index contributed by atoms with van der Waals surface area (Å²) in [6, 6.07) is 4.85. The minimum Gasteiger partial charge on any atom is -0.447 e. The maximum atomic E-state index is 11.2. The van der Waals surface area contributed by atoms with Crippen molar-refractivity contribution in [2.24, 2.45) is 0 Å². The highest BCUT2D eigenvalue weighted by molar-refractivity contribution is 6.48. The predicted octanol–water partition coefficient (Wildman–Crippen LogP) is 4.28. The average molecular weight is 298 g/mol. The first kappa shape index (κ1) is 12.1. The number of hydrogen-bond acceptors (Lipinski definition) is 2. The van der Waals surface area contributed by atoms with Crippen LogP contribution in [0.25, 0.3) is 0 Å². The molecule has 1 aromatic carbocycles. The van der Waals surface area contributed by atoms with Gasteiger partial charge in [0.05, 0.1) is 15.1 Å². The summed E-state index contributed by atoms with van der Waals surface area (Å²) in [5.74, 6) is -0.636. The van der Waals surface area contributed by atoms with Crippen LogP contribution in [-0.4, -0.2) is 5.97 Å². The summed E-state index contributed by atoms with van der Waals surface area (Å²) in [6.45, 7) is 0. The molecule has 0 amide bonds. The van der Waals surface area contributed by atoms with Gasteiger partial charge in [-0.05, 0) is 17.7 Å². The summed E-state index contributed by atoms with van der Waals surface area (Å²) >= 11 is 23.1. The van der Waals surface area contributed by atoms with Crippen molar-refractivity contribution in [3.8, 4) is 0 Å². The van der Waals surface area contributed by atoms with Gasteiger partial charge in [-0.2, -0.15) is 0 Å². The smallest absolute Gasteiger partial charge is 0.352 e. The van der Waals surface area contributed by atoms with E-state index in [-0.39, 0.29) is 10.1 Å². The standard InChI is InChI=1S/C10H4Cl4O2/c11-5-2-1-4(3-6(5)12)9-7(13)8(14)10(15)16-9/h1-3,9H. The van der Waals surface area contributed by atoms with E-state index in [1.165, 1.54) is 0 Å². The summed E-state index contributed by atoms with van der Waals surface area (Å²) in [5, 5.41) is 0.839. The first-order valence-corrected chi connectivity index (χ1v) is 5.73. The molecule has 1 atom stereocenters. The second kappa shape index (κ2) is 4.46. The summed E-state index contributed by atoms with van der Waals surface area (Å²) in [4.78, 5) is 11.2. The molecule has 6 heteroatoms. The summed E-state index contributed by atoms with van der Waals surface area (Å²) in [5.41, 5.74) is 0.628. The molecule has 16 heavy (non-hydrogen) atoms. The molecular weight excluding hydrogens is 294 g/mol. The van der Waals surface area contributed by atoms with Crippen LogP contribution in [-0.2, 0) is 9.53 Å². The molecule has 0 aromatic heterocycles. The summed E-state index contributed by atoms with van der Waals surface area (Å²) in [7, 11) is 0. The van der Waals surface area contributed by atoms with Crippen molar-refractivity contribution in [3.05, 3.63) is 43.9 Å². The monoisotopic (exact) mass is 296 g/mol. The largest absolute Gasteiger partial charge is 0.447 e. The molecule has 0 saturated heterocycles. The van der Waals surface area contributed by atoms with Gasteiger partial charge in [0.2, 0.25) is 0 Å². The zero-order valence-electron chi connectivity index (χ0n) is 7.64. The number of benzene rings is 1. The molecule has 1 aliphatic rings. The first-order chi connectivity index (χ1) is 7.50. The lowest BCUT2D eigenvalue weighted by atomic mass is 10.1. The zero-order chi connectivity index (χ0) is 11.9. The normalized spacial score (nSPS) is 20.2. The third kappa shape index (κ3) is 2.03. The highest BCUT2D eigenvalue weighted by atomic mass is 35.5. The Kier molecular flexibility index (Phi) is 3.36. The first-order valence-electron chi connectivity index (χ1n) is 4.22. The molecule has 2 nitrogen and oxygen atoms in total. The van der Waals surface area contributed by atoms with Gasteiger partial charge in [0.25, 0.3) is 0 Å². The number of hydrogen-bond donors (Lipinski definition) is 0. The molecule has 84 valence electrons. The third-order valence-corrected chi connectivity index (χ3v) is 3.67. The van der Waals surface area contributed by atoms with Gasteiger partial charge < -0.3 is 4.74 Å². The van der Waals surface area contributed by atoms with E-state index in [1.807, 2.05) is 0 Å². The fourth-order valence-corrected chi connectivity index (χ4v) is 2.01. The van der Waals surface area contributed by atoms with Gasteiger partial charge >= 0.3 is 5.97 Å².